The van der Waals surface area contributed by atoms with Crippen LogP contribution in [0.4, 0.5) is 10.8 Å². The lowest BCUT2D eigenvalue weighted by Crippen LogP contribution is -2.31. The van der Waals surface area contributed by atoms with Gasteiger partial charge >= 0.3 is 11.6 Å². The first kappa shape index (κ1) is 23.6. The van der Waals surface area contributed by atoms with Crippen molar-refractivity contribution in [2.45, 2.75) is 13.0 Å². The molecule has 0 bridgehead atoms. The van der Waals surface area contributed by atoms with E-state index in [1.807, 2.05) is 0 Å². The van der Waals surface area contributed by atoms with E-state index < -0.39 is 35.1 Å². The highest BCUT2D eigenvalue weighted by molar-refractivity contribution is 7.14. The smallest absolute Gasteiger partial charge is 0.344 e. The second kappa shape index (κ2) is 10.1. The maximum Gasteiger partial charge on any atom is 0.344 e. The van der Waals surface area contributed by atoms with Crippen molar-refractivity contribution in [2.24, 2.45) is 0 Å². The van der Waals surface area contributed by atoms with Crippen molar-refractivity contribution in [1.82, 2.24) is 4.98 Å². The molecule has 1 N–H and O–H groups in total. The number of carbonyl (C=O) groups is 2. The van der Waals surface area contributed by atoms with E-state index in [0.717, 1.165) is 11.3 Å². The number of benzene rings is 2. The zero-order valence-electron chi connectivity index (χ0n) is 18.1. The van der Waals surface area contributed by atoms with Gasteiger partial charge in [-0.1, -0.05) is 12.1 Å². The number of anilines is 1. The fraction of sp³-hybridized carbons (Fsp3) is 0.130. The molecule has 11 nitrogen and oxygen atoms in total. The first-order chi connectivity index (χ1) is 16.8. The molecule has 0 radical (unpaired) electrons. The van der Waals surface area contributed by atoms with Gasteiger partial charge in [0.25, 0.3) is 11.6 Å². The molecule has 4 aromatic rings. The fourth-order valence-corrected chi connectivity index (χ4v) is 3.73. The van der Waals surface area contributed by atoms with E-state index >= 15 is 0 Å². The molecule has 0 fully saturated rings. The number of rotatable bonds is 8. The largest absolute Gasteiger partial charge is 0.482 e. The molecular formula is C23H17N3O8S. The van der Waals surface area contributed by atoms with Crippen molar-refractivity contribution in [3.8, 4) is 17.0 Å². The first-order valence-corrected chi connectivity index (χ1v) is 11.0. The summed E-state index contributed by atoms with van der Waals surface area (Å²) in [7, 11) is 0. The van der Waals surface area contributed by atoms with Crippen LogP contribution in [0.3, 0.4) is 0 Å². The number of esters is 1. The number of thiazole rings is 1. The van der Waals surface area contributed by atoms with Gasteiger partial charge in [0.1, 0.15) is 11.3 Å². The Labute approximate surface area is 201 Å². The van der Waals surface area contributed by atoms with E-state index in [1.54, 1.807) is 35.7 Å². The van der Waals surface area contributed by atoms with E-state index in [1.165, 1.54) is 31.2 Å². The predicted octanol–water partition coefficient (Wildman–Crippen LogP) is 3.77. The molecule has 0 saturated carbocycles. The van der Waals surface area contributed by atoms with Crippen molar-refractivity contribution >= 4 is 45.0 Å². The summed E-state index contributed by atoms with van der Waals surface area (Å²) in [5.41, 5.74) is 0.714. The molecule has 2 heterocycles. The molecule has 1 atom stereocenters. The zero-order valence-corrected chi connectivity index (χ0v) is 18.9. The van der Waals surface area contributed by atoms with Gasteiger partial charge < -0.3 is 13.9 Å². The molecule has 0 aliphatic carbocycles. The third-order valence-corrected chi connectivity index (χ3v) is 5.47. The number of aromatic nitrogens is 1. The van der Waals surface area contributed by atoms with Crippen molar-refractivity contribution in [3.05, 3.63) is 80.5 Å². The van der Waals surface area contributed by atoms with Gasteiger partial charge in [-0.3, -0.25) is 20.2 Å². The number of non-ortho nitro benzene ring substituents is 1. The Balaban J connectivity index is 1.31. The Morgan fingerprint density at radius 3 is 2.80 bits per heavy atom. The number of hydrogen-bond acceptors (Lipinski definition) is 10. The molecule has 2 aromatic heterocycles. The minimum atomic E-state index is -1.13. The van der Waals surface area contributed by atoms with Crippen molar-refractivity contribution in [3.63, 3.8) is 0 Å². The maximum atomic E-state index is 12.4. The van der Waals surface area contributed by atoms with Crippen LogP contribution in [0, 0.1) is 10.1 Å². The number of ether oxygens (including phenoxy) is 2. The normalized spacial score (nSPS) is 11.6. The van der Waals surface area contributed by atoms with Crippen LogP contribution in [-0.4, -0.2) is 34.5 Å². The van der Waals surface area contributed by atoms with Crippen LogP contribution in [0.25, 0.3) is 22.2 Å². The average molecular weight is 495 g/mol. The zero-order chi connectivity index (χ0) is 24.9. The van der Waals surface area contributed by atoms with Crippen LogP contribution in [0.1, 0.15) is 6.92 Å². The molecule has 1 unspecified atom stereocenters. The summed E-state index contributed by atoms with van der Waals surface area (Å²) in [6.45, 7) is 0.932. The third-order valence-electron chi connectivity index (χ3n) is 4.72. The number of carbonyl (C=O) groups excluding carboxylic acids is 2. The summed E-state index contributed by atoms with van der Waals surface area (Å²) in [5.74, 6) is -1.10. The van der Waals surface area contributed by atoms with Gasteiger partial charge in [0.2, 0.25) is 0 Å². The lowest BCUT2D eigenvalue weighted by atomic mass is 10.1. The quantitative estimate of drug-likeness (QED) is 0.167. The van der Waals surface area contributed by atoms with Crippen LogP contribution < -0.4 is 15.7 Å². The number of nitrogens with one attached hydrogen (secondary N) is 1. The molecular weight excluding hydrogens is 478 g/mol. The summed E-state index contributed by atoms with van der Waals surface area (Å²) in [5, 5.41) is 16.1. The Morgan fingerprint density at radius 1 is 1.20 bits per heavy atom. The number of nitro benzene ring substituents is 1. The van der Waals surface area contributed by atoms with Gasteiger partial charge in [0.15, 0.2) is 17.8 Å². The molecule has 0 saturated heterocycles. The lowest BCUT2D eigenvalue weighted by molar-refractivity contribution is -0.384. The fourth-order valence-electron chi connectivity index (χ4n) is 3.01. The summed E-state index contributed by atoms with van der Waals surface area (Å²) in [4.78, 5) is 50.6. The predicted molar refractivity (Wildman–Crippen MR) is 126 cm³/mol. The Bertz CT molecular complexity index is 1480. The van der Waals surface area contributed by atoms with Crippen molar-refractivity contribution in [1.29, 1.82) is 0 Å². The van der Waals surface area contributed by atoms with E-state index in [4.69, 9.17) is 13.9 Å². The van der Waals surface area contributed by atoms with Gasteiger partial charge in [-0.2, -0.15) is 0 Å². The Kier molecular flexibility index (Phi) is 6.83. The van der Waals surface area contributed by atoms with Crippen LogP contribution in [-0.2, 0) is 14.3 Å². The lowest BCUT2D eigenvalue weighted by Gasteiger charge is -2.13. The van der Waals surface area contributed by atoms with E-state index in [2.05, 4.69) is 10.3 Å². The van der Waals surface area contributed by atoms with Gasteiger partial charge in [-0.15, -0.1) is 11.3 Å². The number of fused-ring (bicyclic) bond motifs is 1. The molecule has 0 aliphatic heterocycles. The minimum absolute atomic E-state index is 0.0721. The molecule has 0 spiro atoms. The molecule has 178 valence electrons. The molecule has 2 aromatic carbocycles. The maximum absolute atomic E-state index is 12.4. The number of nitro groups is 1. The third kappa shape index (κ3) is 5.86. The second-order valence-electron chi connectivity index (χ2n) is 7.21. The van der Waals surface area contributed by atoms with Gasteiger partial charge in [-0.25, -0.2) is 14.6 Å². The van der Waals surface area contributed by atoms with E-state index in [0.29, 0.717) is 22.2 Å². The van der Waals surface area contributed by atoms with Gasteiger partial charge in [0.05, 0.1) is 10.6 Å². The number of nitrogens with zero attached hydrogens (tertiary/aromatic N) is 2. The molecule has 0 aliphatic rings. The molecule has 1 amide bonds. The minimum Gasteiger partial charge on any atom is -0.482 e. The topological polar surface area (TPSA) is 151 Å². The van der Waals surface area contributed by atoms with Crippen LogP contribution in [0.5, 0.6) is 5.75 Å². The number of amides is 1. The average Bonchev–Trinajstić information content (AvgIpc) is 3.31. The second-order valence-corrected chi connectivity index (χ2v) is 8.07. The standard InChI is InChI=1S/C23H17N3O8S/c1-13(33-21(28)11-32-17-7-5-14-6-8-20(27)34-19(14)10-17)22(29)25-23-24-18(12-35-23)15-3-2-4-16(9-15)26(30)31/h2-10,12-13H,11H2,1H3,(H,24,25,29). The SMILES string of the molecule is CC(OC(=O)COc1ccc2ccc(=O)oc2c1)C(=O)Nc1nc(-c2cccc([N+](=O)[O-])c2)cs1. The van der Waals surface area contributed by atoms with Crippen molar-refractivity contribution in [2.75, 3.05) is 11.9 Å². The molecule has 4 rings (SSSR count). The monoisotopic (exact) mass is 495 g/mol. The van der Waals surface area contributed by atoms with E-state index in [-0.39, 0.29) is 16.6 Å². The van der Waals surface area contributed by atoms with Gasteiger partial charge in [0, 0.05) is 40.6 Å². The van der Waals surface area contributed by atoms with Gasteiger partial charge in [-0.05, 0) is 25.1 Å². The highest BCUT2D eigenvalue weighted by Gasteiger charge is 2.20. The highest BCUT2D eigenvalue weighted by Crippen LogP contribution is 2.27. The van der Waals surface area contributed by atoms with Crippen LogP contribution in [0.15, 0.2) is 69.2 Å². The van der Waals surface area contributed by atoms with Crippen molar-refractivity contribution < 1.29 is 28.4 Å². The molecule has 12 heteroatoms. The van der Waals surface area contributed by atoms with Crippen LogP contribution >= 0.6 is 11.3 Å². The summed E-state index contributed by atoms with van der Waals surface area (Å²) >= 11 is 1.12. The summed E-state index contributed by atoms with van der Waals surface area (Å²) in [6, 6.07) is 13.6. The Morgan fingerprint density at radius 2 is 2.00 bits per heavy atom. The van der Waals surface area contributed by atoms with Crippen LogP contribution in [0.2, 0.25) is 0 Å². The van der Waals surface area contributed by atoms with E-state index in [9.17, 15) is 24.5 Å². The first-order valence-electron chi connectivity index (χ1n) is 10.2. The molecule has 35 heavy (non-hydrogen) atoms. The number of hydrogen-bond donors (Lipinski definition) is 1. The highest BCUT2D eigenvalue weighted by atomic mass is 32.1. The summed E-state index contributed by atoms with van der Waals surface area (Å²) < 4.78 is 15.5. The summed E-state index contributed by atoms with van der Waals surface area (Å²) in [6.07, 6.45) is -1.13. The Hall–Kier alpha value is -4.58.